The maximum atomic E-state index is 11.4. The first-order valence-electron chi connectivity index (χ1n) is 5.70. The van der Waals surface area contributed by atoms with Crippen LogP contribution in [0.15, 0.2) is 18.2 Å². The molecule has 2 N–H and O–H groups in total. The zero-order chi connectivity index (χ0) is 14.3. The third kappa shape index (κ3) is 5.94. The minimum absolute atomic E-state index is 0.0159. The molecule has 105 valence electrons. The van der Waals surface area contributed by atoms with E-state index in [0.717, 1.165) is 0 Å². The summed E-state index contributed by atoms with van der Waals surface area (Å²) in [6, 6.07) is 7.23. The number of alkyl halides is 1. The van der Waals surface area contributed by atoms with Crippen molar-refractivity contribution in [3.63, 3.8) is 0 Å². The number of halogens is 1. The quantitative estimate of drug-likeness (QED) is 0.563. The highest BCUT2D eigenvalue weighted by atomic mass is 35.5. The summed E-state index contributed by atoms with van der Waals surface area (Å²) in [5.74, 6) is -0.893. The average molecular weight is 305 g/mol. The third-order valence-corrected chi connectivity index (χ3v) is 4.53. The molecule has 1 rings (SSSR count). The van der Waals surface area contributed by atoms with Gasteiger partial charge in [-0.3, -0.25) is 0 Å². The summed E-state index contributed by atoms with van der Waals surface area (Å²) in [6.45, 7) is 0.449. The topological polar surface area (TPSA) is 83.5 Å². The Kier molecular flexibility index (Phi) is 6.11. The average Bonchev–Trinajstić information content (AvgIpc) is 2.35. The Morgan fingerprint density at radius 2 is 2.16 bits per heavy atom. The maximum absolute atomic E-state index is 11.4. The lowest BCUT2D eigenvalue weighted by Gasteiger charge is -2.07. The number of carboxylic acid groups (broad SMARTS) is 1. The smallest absolute Gasteiger partial charge is 0.336 e. The van der Waals surface area contributed by atoms with Crippen molar-refractivity contribution in [2.75, 3.05) is 29.2 Å². The van der Waals surface area contributed by atoms with Crippen LogP contribution in [0, 0.1) is 6.07 Å². The van der Waals surface area contributed by atoms with E-state index in [1.54, 1.807) is 6.07 Å². The number of anilines is 1. The number of hydrogen-bond acceptors (Lipinski definition) is 4. The van der Waals surface area contributed by atoms with Crippen LogP contribution >= 0.6 is 11.6 Å². The molecule has 1 radical (unpaired) electrons. The summed E-state index contributed by atoms with van der Waals surface area (Å²) in [7, 11) is -3.08. The van der Waals surface area contributed by atoms with E-state index in [1.807, 2.05) is 0 Å². The molecule has 0 unspecified atom stereocenters. The number of aromatic carboxylic acids is 1. The maximum Gasteiger partial charge on any atom is 0.336 e. The van der Waals surface area contributed by atoms with E-state index in [2.05, 4.69) is 11.4 Å². The minimum Gasteiger partial charge on any atom is -0.478 e. The molecule has 19 heavy (non-hydrogen) atoms. The molecule has 7 heteroatoms. The van der Waals surface area contributed by atoms with Gasteiger partial charge in [0.2, 0.25) is 0 Å². The third-order valence-electron chi connectivity index (χ3n) is 2.38. The predicted octanol–water partition coefficient (Wildman–Crippen LogP) is 1.64. The summed E-state index contributed by atoms with van der Waals surface area (Å²) >= 11 is 5.39. The molecule has 0 aliphatic heterocycles. The summed E-state index contributed by atoms with van der Waals surface area (Å²) in [5.41, 5.74) is 0.700. The molecule has 0 fully saturated rings. The Balaban J connectivity index is 2.42. The molecule has 5 nitrogen and oxygen atoms in total. The van der Waals surface area contributed by atoms with Crippen LogP contribution in [0.1, 0.15) is 16.8 Å². The number of carboxylic acids is 1. The normalized spacial score (nSPS) is 11.2. The van der Waals surface area contributed by atoms with Gasteiger partial charge in [0.1, 0.15) is 0 Å². The van der Waals surface area contributed by atoms with Gasteiger partial charge in [-0.2, -0.15) is 0 Å². The standard InChI is InChI=1S/C12H15ClNO4S/c13-5-8-19(17,18)7-2-6-14-11-4-1-3-10(9-11)12(15)16/h1,4,9,14H,2,5-8H2,(H,15,16). The van der Waals surface area contributed by atoms with Gasteiger partial charge in [-0.05, 0) is 24.6 Å². The highest BCUT2D eigenvalue weighted by Gasteiger charge is 2.09. The van der Waals surface area contributed by atoms with E-state index in [0.29, 0.717) is 18.7 Å². The van der Waals surface area contributed by atoms with Gasteiger partial charge < -0.3 is 10.4 Å². The van der Waals surface area contributed by atoms with E-state index in [9.17, 15) is 13.2 Å². The van der Waals surface area contributed by atoms with Gasteiger partial charge in [0.15, 0.2) is 9.84 Å². The lowest BCUT2D eigenvalue weighted by Crippen LogP contribution is -2.15. The molecular weight excluding hydrogens is 290 g/mol. The Hall–Kier alpha value is -1.27. The molecule has 0 bridgehead atoms. The van der Waals surface area contributed by atoms with Crippen molar-refractivity contribution >= 4 is 33.1 Å². The molecule has 1 aromatic carbocycles. The van der Waals surface area contributed by atoms with Crippen LogP contribution in [0.3, 0.4) is 0 Å². The number of hydrogen-bond donors (Lipinski definition) is 2. The van der Waals surface area contributed by atoms with Crippen molar-refractivity contribution in [2.24, 2.45) is 0 Å². The minimum atomic E-state index is -3.08. The second kappa shape index (κ2) is 7.35. The number of carbonyl (C=O) groups is 1. The lowest BCUT2D eigenvalue weighted by atomic mass is 10.2. The Morgan fingerprint density at radius 3 is 2.79 bits per heavy atom. The Morgan fingerprint density at radius 1 is 1.42 bits per heavy atom. The van der Waals surface area contributed by atoms with Crippen LogP contribution in [0.2, 0.25) is 0 Å². The lowest BCUT2D eigenvalue weighted by molar-refractivity contribution is 0.0696. The molecule has 0 saturated carbocycles. The fourth-order valence-corrected chi connectivity index (χ4v) is 3.17. The molecule has 0 saturated heterocycles. The van der Waals surface area contributed by atoms with Crippen molar-refractivity contribution in [1.82, 2.24) is 0 Å². The SMILES string of the molecule is O=C(O)c1[c]ccc(NCCCS(=O)(=O)CCCl)c1. The first kappa shape index (κ1) is 15.8. The van der Waals surface area contributed by atoms with Crippen LogP contribution in [0.5, 0.6) is 0 Å². The highest BCUT2D eigenvalue weighted by Crippen LogP contribution is 2.10. The summed E-state index contributed by atoms with van der Waals surface area (Å²) in [5, 5.41) is 11.8. The molecule has 0 aromatic heterocycles. The van der Waals surface area contributed by atoms with Crippen LogP contribution < -0.4 is 5.32 Å². The van der Waals surface area contributed by atoms with Crippen molar-refractivity contribution < 1.29 is 18.3 Å². The van der Waals surface area contributed by atoms with E-state index < -0.39 is 15.8 Å². The zero-order valence-corrected chi connectivity index (χ0v) is 11.8. The first-order valence-corrected chi connectivity index (χ1v) is 8.05. The molecule has 0 heterocycles. The largest absolute Gasteiger partial charge is 0.478 e. The fraction of sp³-hybridized carbons (Fsp3) is 0.417. The van der Waals surface area contributed by atoms with E-state index in [1.165, 1.54) is 12.1 Å². The summed E-state index contributed by atoms with van der Waals surface area (Å²) < 4.78 is 22.8. The van der Waals surface area contributed by atoms with Crippen LogP contribution in [-0.4, -0.2) is 43.4 Å². The molecule has 0 aliphatic carbocycles. The van der Waals surface area contributed by atoms with Crippen LogP contribution in [0.4, 0.5) is 5.69 Å². The van der Waals surface area contributed by atoms with Crippen LogP contribution in [-0.2, 0) is 9.84 Å². The number of benzene rings is 1. The van der Waals surface area contributed by atoms with E-state index in [-0.39, 0.29) is 22.9 Å². The van der Waals surface area contributed by atoms with Crippen molar-refractivity contribution in [3.8, 4) is 0 Å². The van der Waals surface area contributed by atoms with E-state index >= 15 is 0 Å². The second-order valence-electron chi connectivity index (χ2n) is 3.92. The van der Waals surface area contributed by atoms with Gasteiger partial charge in [-0.15, -0.1) is 11.6 Å². The second-order valence-corrected chi connectivity index (χ2v) is 6.60. The van der Waals surface area contributed by atoms with Gasteiger partial charge in [-0.1, -0.05) is 6.07 Å². The van der Waals surface area contributed by atoms with Crippen molar-refractivity contribution in [2.45, 2.75) is 6.42 Å². The molecule has 0 atom stereocenters. The fourth-order valence-electron chi connectivity index (χ4n) is 1.44. The molecule has 0 amide bonds. The monoisotopic (exact) mass is 304 g/mol. The zero-order valence-electron chi connectivity index (χ0n) is 10.2. The predicted molar refractivity (Wildman–Crippen MR) is 74.7 cm³/mol. The molecular formula is C12H15ClNO4S. The van der Waals surface area contributed by atoms with Gasteiger partial charge in [0.25, 0.3) is 0 Å². The van der Waals surface area contributed by atoms with E-state index in [4.69, 9.17) is 16.7 Å². The molecule has 1 aromatic rings. The van der Waals surface area contributed by atoms with Gasteiger partial charge >= 0.3 is 5.97 Å². The van der Waals surface area contributed by atoms with Crippen molar-refractivity contribution in [1.29, 1.82) is 0 Å². The highest BCUT2D eigenvalue weighted by molar-refractivity contribution is 7.91. The first-order chi connectivity index (χ1) is 8.94. The number of nitrogens with one attached hydrogen (secondary N) is 1. The summed E-state index contributed by atoms with van der Waals surface area (Å²) in [6.07, 6.45) is 0.445. The summed E-state index contributed by atoms with van der Waals surface area (Å²) in [4.78, 5) is 10.7. The Bertz CT molecular complexity index is 530. The van der Waals surface area contributed by atoms with Crippen LogP contribution in [0.25, 0.3) is 0 Å². The Labute approximate surface area is 117 Å². The van der Waals surface area contributed by atoms with Gasteiger partial charge in [0, 0.05) is 18.1 Å². The van der Waals surface area contributed by atoms with Gasteiger partial charge in [0.05, 0.1) is 17.1 Å². The number of sulfone groups is 1. The van der Waals surface area contributed by atoms with Gasteiger partial charge in [-0.25, -0.2) is 13.2 Å². The molecule has 0 spiro atoms. The molecule has 0 aliphatic rings. The van der Waals surface area contributed by atoms with Crippen molar-refractivity contribution in [3.05, 3.63) is 29.8 Å². The number of rotatable bonds is 8.